The number of hydrogen-bond donors (Lipinski definition) is 0. The lowest BCUT2D eigenvalue weighted by Crippen LogP contribution is -2.64. The van der Waals surface area contributed by atoms with Crippen LogP contribution < -0.4 is 9.47 Å². The Balaban J connectivity index is 1.87. The van der Waals surface area contributed by atoms with Gasteiger partial charge in [-0.3, -0.25) is 4.90 Å². The molecule has 5 rings (SSSR count). The van der Waals surface area contributed by atoms with Gasteiger partial charge in [0.1, 0.15) is 6.10 Å². The third kappa shape index (κ3) is 1.19. The van der Waals surface area contributed by atoms with Gasteiger partial charge in [0.2, 0.25) is 0 Å². The molecule has 116 valence electrons. The van der Waals surface area contributed by atoms with Crippen molar-refractivity contribution in [2.75, 3.05) is 20.7 Å². The number of likely N-dealkylation sites (N-methyl/N-ethyl adjacent to an activating group) is 1. The van der Waals surface area contributed by atoms with Crippen LogP contribution in [-0.4, -0.2) is 42.6 Å². The van der Waals surface area contributed by atoms with Crippen molar-refractivity contribution >= 4 is 11.6 Å². The van der Waals surface area contributed by atoms with Crippen molar-refractivity contribution in [3.63, 3.8) is 0 Å². The van der Waals surface area contributed by atoms with Crippen molar-refractivity contribution in [1.29, 1.82) is 0 Å². The smallest absolute Gasteiger partial charge is 0.165 e. The van der Waals surface area contributed by atoms with Crippen LogP contribution in [0.3, 0.4) is 0 Å². The lowest BCUT2D eigenvalue weighted by atomic mass is 9.54. The Morgan fingerprint density at radius 2 is 2.23 bits per heavy atom. The Bertz CT molecular complexity index is 703. The maximum absolute atomic E-state index is 6.68. The van der Waals surface area contributed by atoms with E-state index in [2.05, 4.69) is 30.2 Å². The minimum absolute atomic E-state index is 0.00877. The molecule has 0 radical (unpaired) electrons. The van der Waals surface area contributed by atoms with E-state index in [1.54, 1.807) is 7.11 Å². The number of hydrogen-bond acceptors (Lipinski definition) is 3. The molecule has 2 aliphatic heterocycles. The van der Waals surface area contributed by atoms with Gasteiger partial charge in [-0.2, -0.15) is 0 Å². The third-order valence-electron chi connectivity index (χ3n) is 6.52. The number of rotatable bonds is 1. The van der Waals surface area contributed by atoms with E-state index in [9.17, 15) is 0 Å². The van der Waals surface area contributed by atoms with E-state index in [0.29, 0.717) is 0 Å². The number of aryl methyl sites for hydroxylation is 1. The molecule has 4 aliphatic rings. The lowest BCUT2D eigenvalue weighted by molar-refractivity contribution is 0.0529. The van der Waals surface area contributed by atoms with Crippen LogP contribution in [0.5, 0.6) is 11.5 Å². The van der Waals surface area contributed by atoms with Crippen LogP contribution in [0, 0.1) is 0 Å². The van der Waals surface area contributed by atoms with Gasteiger partial charge in [-0.25, -0.2) is 0 Å². The SMILES string of the molecule is COc1ccc2c3c1O[C@H]1[C@H](Cl)C=C[C@@]4(CC2)N(C)CC[C@@]314. The van der Waals surface area contributed by atoms with E-state index in [4.69, 9.17) is 21.1 Å². The number of nitrogens with zero attached hydrogens (tertiary/aromatic N) is 1. The molecule has 1 aromatic rings. The van der Waals surface area contributed by atoms with Crippen molar-refractivity contribution in [3.05, 3.63) is 35.4 Å². The van der Waals surface area contributed by atoms with Gasteiger partial charge in [-0.1, -0.05) is 18.2 Å². The van der Waals surface area contributed by atoms with E-state index in [-0.39, 0.29) is 22.4 Å². The summed E-state index contributed by atoms with van der Waals surface area (Å²) in [4.78, 5) is 2.51. The predicted octanol–water partition coefficient (Wildman–Crippen LogP) is 2.89. The fourth-order valence-corrected chi connectivity index (χ4v) is 5.91. The van der Waals surface area contributed by atoms with Crippen molar-refractivity contribution in [3.8, 4) is 11.5 Å². The maximum Gasteiger partial charge on any atom is 0.165 e. The zero-order valence-electron chi connectivity index (χ0n) is 12.9. The van der Waals surface area contributed by atoms with Gasteiger partial charge in [0.15, 0.2) is 11.5 Å². The standard InChI is InChI=1S/C18H20ClNO2/c1-20-10-9-18-14-11-3-4-13(21-2)15(14)22-16(18)12(19)6-8-17(18,20)7-5-11/h3-4,6,8,12,16H,5,7,9-10H2,1-2H3/t12-,16+,17-,18-/m1/s1. The second-order valence-electron chi connectivity index (χ2n) is 7.04. The van der Waals surface area contributed by atoms with E-state index < -0.39 is 0 Å². The molecule has 1 saturated heterocycles. The van der Waals surface area contributed by atoms with E-state index in [0.717, 1.165) is 37.3 Å². The summed E-state index contributed by atoms with van der Waals surface area (Å²) in [5.74, 6) is 1.79. The van der Waals surface area contributed by atoms with E-state index in [1.165, 1.54) is 11.1 Å². The monoisotopic (exact) mass is 317 g/mol. The molecule has 1 spiro atoms. The Hall–Kier alpha value is -1.19. The van der Waals surface area contributed by atoms with E-state index >= 15 is 0 Å². The third-order valence-corrected chi connectivity index (χ3v) is 6.89. The summed E-state index contributed by atoms with van der Waals surface area (Å²) in [6, 6.07) is 4.27. The first-order valence-corrected chi connectivity index (χ1v) is 8.49. The van der Waals surface area contributed by atoms with Gasteiger partial charge in [0.25, 0.3) is 0 Å². The van der Waals surface area contributed by atoms with Gasteiger partial charge in [-0.15, -0.1) is 11.6 Å². The Morgan fingerprint density at radius 1 is 1.36 bits per heavy atom. The number of alkyl halides is 1. The number of benzene rings is 1. The van der Waals surface area contributed by atoms with Crippen LogP contribution >= 0.6 is 11.6 Å². The molecule has 0 unspecified atom stereocenters. The predicted molar refractivity (Wildman–Crippen MR) is 86.2 cm³/mol. The lowest BCUT2D eigenvalue weighted by Gasteiger charge is -2.53. The average molecular weight is 318 g/mol. The maximum atomic E-state index is 6.68. The Labute approximate surface area is 135 Å². The fourth-order valence-electron chi connectivity index (χ4n) is 5.57. The average Bonchev–Trinajstić information content (AvgIpc) is 3.05. The largest absolute Gasteiger partial charge is 0.493 e. The van der Waals surface area contributed by atoms with Crippen LogP contribution in [-0.2, 0) is 11.8 Å². The zero-order valence-corrected chi connectivity index (χ0v) is 13.7. The fraction of sp³-hybridized carbons (Fsp3) is 0.556. The molecule has 0 bridgehead atoms. The highest BCUT2D eigenvalue weighted by Gasteiger charge is 2.70. The molecule has 2 heterocycles. The number of methoxy groups -OCH3 is 1. The van der Waals surface area contributed by atoms with Crippen LogP contribution in [0.1, 0.15) is 24.0 Å². The second-order valence-corrected chi connectivity index (χ2v) is 7.54. The van der Waals surface area contributed by atoms with Crippen molar-refractivity contribution in [1.82, 2.24) is 4.90 Å². The summed E-state index contributed by atoms with van der Waals surface area (Å²) >= 11 is 6.68. The summed E-state index contributed by atoms with van der Waals surface area (Å²) in [7, 11) is 3.96. The zero-order chi connectivity index (χ0) is 15.1. The van der Waals surface area contributed by atoms with E-state index in [1.807, 2.05) is 6.07 Å². The molecule has 4 atom stereocenters. The first-order chi connectivity index (χ1) is 10.6. The van der Waals surface area contributed by atoms with Gasteiger partial charge in [-0.05, 0) is 44.5 Å². The summed E-state index contributed by atoms with van der Waals surface area (Å²) in [6.07, 6.45) is 7.86. The number of halogens is 1. The van der Waals surface area contributed by atoms with Crippen molar-refractivity contribution in [2.24, 2.45) is 0 Å². The topological polar surface area (TPSA) is 21.7 Å². The molecular formula is C18H20ClNO2. The van der Waals surface area contributed by atoms with Crippen LogP contribution in [0.2, 0.25) is 0 Å². The molecular weight excluding hydrogens is 298 g/mol. The minimum atomic E-state index is -0.0809. The van der Waals surface area contributed by atoms with Gasteiger partial charge in [0, 0.05) is 5.56 Å². The van der Waals surface area contributed by atoms with Crippen molar-refractivity contribution < 1.29 is 9.47 Å². The van der Waals surface area contributed by atoms with Crippen LogP contribution in [0.15, 0.2) is 24.3 Å². The summed E-state index contributed by atoms with van der Waals surface area (Å²) in [6.45, 7) is 1.09. The molecule has 0 saturated carbocycles. The first-order valence-electron chi connectivity index (χ1n) is 8.06. The normalized spacial score (nSPS) is 41.0. The second kappa shape index (κ2) is 4.01. The molecule has 0 amide bonds. The van der Waals surface area contributed by atoms with Crippen molar-refractivity contribution in [2.45, 2.75) is 41.7 Å². The summed E-state index contributed by atoms with van der Waals surface area (Å²) in [5.41, 5.74) is 2.83. The molecule has 0 N–H and O–H groups in total. The molecule has 4 heteroatoms. The quantitative estimate of drug-likeness (QED) is 0.587. The van der Waals surface area contributed by atoms with Gasteiger partial charge >= 0.3 is 0 Å². The highest BCUT2D eigenvalue weighted by atomic mass is 35.5. The molecule has 0 aromatic heterocycles. The summed E-state index contributed by atoms with van der Waals surface area (Å²) in [5, 5.41) is -0.0809. The first kappa shape index (κ1) is 13.3. The number of likely N-dealkylation sites (tertiary alicyclic amines) is 1. The highest BCUT2D eigenvalue weighted by Crippen LogP contribution is 2.66. The molecule has 2 aliphatic carbocycles. The van der Waals surface area contributed by atoms with Crippen LogP contribution in [0.4, 0.5) is 0 Å². The number of ether oxygens (including phenoxy) is 2. The Kier molecular flexibility index (Phi) is 2.42. The summed E-state index contributed by atoms with van der Waals surface area (Å²) < 4.78 is 12.0. The molecule has 1 fully saturated rings. The minimum Gasteiger partial charge on any atom is -0.493 e. The van der Waals surface area contributed by atoms with Crippen LogP contribution in [0.25, 0.3) is 0 Å². The van der Waals surface area contributed by atoms with Gasteiger partial charge < -0.3 is 9.47 Å². The molecule has 22 heavy (non-hydrogen) atoms. The Morgan fingerprint density at radius 3 is 3.05 bits per heavy atom. The van der Waals surface area contributed by atoms with Gasteiger partial charge in [0.05, 0.1) is 23.4 Å². The highest BCUT2D eigenvalue weighted by molar-refractivity contribution is 6.22. The molecule has 3 nitrogen and oxygen atoms in total. The molecule has 1 aromatic carbocycles.